The number of nitrogens with one attached hydrogen (secondary N) is 1. The standard InChI is InChI=1S/C12H14FNO2S/c1-4-5-6-14-17(15,16)12-9(2)7-11(13)8-10(12)3/h7-8,14H,6H2,1-3H3. The van der Waals surface area contributed by atoms with Gasteiger partial charge in [0.1, 0.15) is 5.82 Å². The maximum Gasteiger partial charge on any atom is 0.241 e. The van der Waals surface area contributed by atoms with Gasteiger partial charge in [-0.25, -0.2) is 12.8 Å². The van der Waals surface area contributed by atoms with Crippen LogP contribution in [0.3, 0.4) is 0 Å². The Balaban J connectivity index is 3.18. The maximum absolute atomic E-state index is 13.1. The summed E-state index contributed by atoms with van der Waals surface area (Å²) in [7, 11) is -3.63. The van der Waals surface area contributed by atoms with Crippen LogP contribution < -0.4 is 4.72 Å². The summed E-state index contributed by atoms with van der Waals surface area (Å²) >= 11 is 0. The fourth-order valence-electron chi connectivity index (χ4n) is 1.61. The van der Waals surface area contributed by atoms with E-state index >= 15 is 0 Å². The van der Waals surface area contributed by atoms with Crippen LogP contribution in [0.15, 0.2) is 17.0 Å². The van der Waals surface area contributed by atoms with E-state index in [2.05, 4.69) is 16.6 Å². The summed E-state index contributed by atoms with van der Waals surface area (Å²) in [4.78, 5) is 0.122. The normalized spacial score (nSPS) is 10.8. The first-order valence-corrected chi connectivity index (χ1v) is 6.53. The third-order valence-electron chi connectivity index (χ3n) is 2.22. The zero-order valence-electron chi connectivity index (χ0n) is 9.96. The zero-order valence-corrected chi connectivity index (χ0v) is 10.8. The quantitative estimate of drug-likeness (QED) is 0.836. The van der Waals surface area contributed by atoms with Crippen molar-refractivity contribution in [1.29, 1.82) is 0 Å². The van der Waals surface area contributed by atoms with Gasteiger partial charge in [-0.15, -0.1) is 5.92 Å². The summed E-state index contributed by atoms with van der Waals surface area (Å²) in [6, 6.07) is 2.40. The van der Waals surface area contributed by atoms with Crippen LogP contribution in [0.1, 0.15) is 18.1 Å². The van der Waals surface area contributed by atoms with E-state index in [4.69, 9.17) is 0 Å². The Bertz CT molecular complexity index is 559. The van der Waals surface area contributed by atoms with Crippen LogP contribution in [0.5, 0.6) is 0 Å². The molecule has 3 nitrogen and oxygen atoms in total. The van der Waals surface area contributed by atoms with Gasteiger partial charge in [-0.2, -0.15) is 4.72 Å². The molecule has 0 amide bonds. The molecule has 92 valence electrons. The van der Waals surface area contributed by atoms with Crippen LogP contribution in [-0.4, -0.2) is 15.0 Å². The predicted molar refractivity (Wildman–Crippen MR) is 64.5 cm³/mol. The van der Waals surface area contributed by atoms with Crippen molar-refractivity contribution in [2.45, 2.75) is 25.7 Å². The molecule has 0 aromatic heterocycles. The summed E-state index contributed by atoms with van der Waals surface area (Å²) < 4.78 is 39.3. The molecule has 17 heavy (non-hydrogen) atoms. The number of aryl methyl sites for hydroxylation is 2. The first kappa shape index (κ1) is 13.7. The van der Waals surface area contributed by atoms with Gasteiger partial charge in [-0.1, -0.05) is 5.92 Å². The third-order valence-corrected chi connectivity index (χ3v) is 3.93. The first-order valence-electron chi connectivity index (χ1n) is 5.04. The van der Waals surface area contributed by atoms with Crippen molar-refractivity contribution in [3.05, 3.63) is 29.1 Å². The van der Waals surface area contributed by atoms with Gasteiger partial charge in [0.15, 0.2) is 0 Å². The number of halogens is 1. The van der Waals surface area contributed by atoms with Crippen LogP contribution in [0.2, 0.25) is 0 Å². The average molecular weight is 255 g/mol. The van der Waals surface area contributed by atoms with E-state index in [1.165, 1.54) is 12.1 Å². The number of benzene rings is 1. The van der Waals surface area contributed by atoms with E-state index in [9.17, 15) is 12.8 Å². The van der Waals surface area contributed by atoms with Crippen molar-refractivity contribution in [1.82, 2.24) is 4.72 Å². The molecule has 0 saturated heterocycles. The molecule has 0 radical (unpaired) electrons. The van der Waals surface area contributed by atoms with Gasteiger partial charge < -0.3 is 0 Å². The smallest absolute Gasteiger partial charge is 0.207 e. The highest BCUT2D eigenvalue weighted by Crippen LogP contribution is 2.20. The summed E-state index contributed by atoms with van der Waals surface area (Å²) in [6.07, 6.45) is 0. The van der Waals surface area contributed by atoms with Gasteiger partial charge in [-0.05, 0) is 44.0 Å². The highest BCUT2D eigenvalue weighted by atomic mass is 32.2. The van der Waals surface area contributed by atoms with E-state index in [1.807, 2.05) is 0 Å². The second-order valence-corrected chi connectivity index (χ2v) is 5.32. The monoisotopic (exact) mass is 255 g/mol. The van der Waals surface area contributed by atoms with E-state index in [0.29, 0.717) is 11.1 Å². The molecule has 0 saturated carbocycles. The molecule has 0 aliphatic rings. The second kappa shape index (κ2) is 5.30. The minimum Gasteiger partial charge on any atom is -0.207 e. The average Bonchev–Trinajstić information content (AvgIpc) is 2.15. The molecule has 1 N–H and O–H groups in total. The number of rotatable bonds is 3. The SMILES string of the molecule is CC#CCNS(=O)(=O)c1c(C)cc(F)cc1C. The Hall–Kier alpha value is -1.38. The predicted octanol–water partition coefficient (Wildman–Crippen LogP) is 1.74. The van der Waals surface area contributed by atoms with E-state index in [0.717, 1.165) is 0 Å². The molecule has 0 bridgehead atoms. The van der Waals surface area contributed by atoms with Gasteiger partial charge in [0.2, 0.25) is 10.0 Å². The van der Waals surface area contributed by atoms with Gasteiger partial charge >= 0.3 is 0 Å². The zero-order chi connectivity index (χ0) is 13.1. The van der Waals surface area contributed by atoms with Gasteiger partial charge in [0, 0.05) is 0 Å². The van der Waals surface area contributed by atoms with Crippen LogP contribution in [-0.2, 0) is 10.0 Å². The Morgan fingerprint density at radius 1 is 1.29 bits per heavy atom. The van der Waals surface area contributed by atoms with Gasteiger partial charge in [0.25, 0.3) is 0 Å². The number of sulfonamides is 1. The number of hydrogen-bond acceptors (Lipinski definition) is 2. The molecule has 0 unspecified atom stereocenters. The molecular formula is C12H14FNO2S. The first-order chi connectivity index (χ1) is 7.88. The van der Waals surface area contributed by atoms with Gasteiger partial charge in [-0.3, -0.25) is 0 Å². The van der Waals surface area contributed by atoms with E-state index < -0.39 is 15.8 Å². The molecular weight excluding hydrogens is 241 g/mol. The molecule has 1 rings (SSSR count). The van der Waals surface area contributed by atoms with Crippen molar-refractivity contribution in [3.8, 4) is 11.8 Å². The second-order valence-electron chi connectivity index (χ2n) is 3.62. The lowest BCUT2D eigenvalue weighted by Crippen LogP contribution is -2.25. The Morgan fingerprint density at radius 3 is 2.29 bits per heavy atom. The molecule has 1 aromatic rings. The molecule has 1 aromatic carbocycles. The van der Waals surface area contributed by atoms with Crippen LogP contribution in [0, 0.1) is 31.5 Å². The molecule has 5 heteroatoms. The lowest BCUT2D eigenvalue weighted by molar-refractivity contribution is 0.583. The number of hydrogen-bond donors (Lipinski definition) is 1. The highest BCUT2D eigenvalue weighted by Gasteiger charge is 2.19. The summed E-state index contributed by atoms with van der Waals surface area (Å²) in [5.74, 6) is 4.77. The molecule has 0 spiro atoms. The molecule has 0 aliphatic heterocycles. The largest absolute Gasteiger partial charge is 0.241 e. The fraction of sp³-hybridized carbons (Fsp3) is 0.333. The Morgan fingerprint density at radius 2 is 1.82 bits per heavy atom. The molecule has 0 heterocycles. The maximum atomic E-state index is 13.1. The summed E-state index contributed by atoms with van der Waals surface area (Å²) in [5, 5.41) is 0. The van der Waals surface area contributed by atoms with Crippen LogP contribution in [0.4, 0.5) is 4.39 Å². The Kier molecular flexibility index (Phi) is 4.27. The minimum absolute atomic E-state index is 0.0507. The van der Waals surface area contributed by atoms with Crippen molar-refractivity contribution < 1.29 is 12.8 Å². The molecule has 0 aliphatic carbocycles. The van der Waals surface area contributed by atoms with Crippen LogP contribution in [0.25, 0.3) is 0 Å². The lowest BCUT2D eigenvalue weighted by Gasteiger charge is -2.10. The molecule has 0 fully saturated rings. The van der Waals surface area contributed by atoms with E-state index in [-0.39, 0.29) is 11.4 Å². The fourth-order valence-corrected chi connectivity index (χ4v) is 2.99. The topological polar surface area (TPSA) is 46.2 Å². The minimum atomic E-state index is -3.63. The Labute approximate surface area is 101 Å². The van der Waals surface area contributed by atoms with Crippen molar-refractivity contribution in [2.24, 2.45) is 0 Å². The third kappa shape index (κ3) is 3.29. The van der Waals surface area contributed by atoms with Gasteiger partial charge in [0.05, 0.1) is 11.4 Å². The van der Waals surface area contributed by atoms with Crippen molar-refractivity contribution in [3.63, 3.8) is 0 Å². The summed E-state index contributed by atoms with van der Waals surface area (Å²) in [6.45, 7) is 4.81. The molecule has 0 atom stereocenters. The van der Waals surface area contributed by atoms with Crippen molar-refractivity contribution in [2.75, 3.05) is 6.54 Å². The highest BCUT2D eigenvalue weighted by molar-refractivity contribution is 7.89. The lowest BCUT2D eigenvalue weighted by atomic mass is 10.1. The van der Waals surface area contributed by atoms with E-state index in [1.54, 1.807) is 20.8 Å². The van der Waals surface area contributed by atoms with Crippen LogP contribution >= 0.6 is 0 Å². The van der Waals surface area contributed by atoms with Crippen molar-refractivity contribution >= 4 is 10.0 Å². The summed E-state index contributed by atoms with van der Waals surface area (Å²) in [5.41, 5.74) is 0.777.